The van der Waals surface area contributed by atoms with Crippen LogP contribution in [0.1, 0.15) is 15.9 Å². The van der Waals surface area contributed by atoms with E-state index >= 15 is 0 Å². The maximum Gasteiger partial charge on any atom is 0.175 e. The molecule has 0 unspecified atom stereocenters. The predicted octanol–water partition coefficient (Wildman–Crippen LogP) is 2.40. The highest BCUT2D eigenvalue weighted by Gasteiger charge is 2.12. The number of carbonyl (C=O) groups is 1. The lowest BCUT2D eigenvalue weighted by molar-refractivity contribution is -0.255. The molecule has 20 heavy (non-hydrogen) atoms. The van der Waals surface area contributed by atoms with Crippen LogP contribution in [-0.2, 0) is 6.61 Å². The molecular weight excluding hydrogens is 324 g/mol. The molecule has 0 aliphatic carbocycles. The maximum atomic E-state index is 10.9. The molecule has 0 aliphatic rings. The second-order valence-corrected chi connectivity index (χ2v) is 4.91. The lowest BCUT2D eigenvalue weighted by atomic mass is 10.2. The van der Waals surface area contributed by atoms with E-state index in [9.17, 15) is 9.90 Å². The van der Waals surface area contributed by atoms with Crippen LogP contribution in [0.3, 0.4) is 0 Å². The topological polar surface area (TPSA) is 58.6 Å². The van der Waals surface area contributed by atoms with Crippen molar-refractivity contribution < 1.29 is 19.4 Å². The van der Waals surface area contributed by atoms with Gasteiger partial charge in [-0.3, -0.25) is 0 Å². The molecule has 2 aromatic carbocycles. The quantitative estimate of drug-likeness (QED) is 0.841. The first-order valence-electron chi connectivity index (χ1n) is 5.87. The van der Waals surface area contributed by atoms with E-state index < -0.39 is 5.97 Å². The molecular formula is C15H12BrO4-. The molecule has 104 valence electrons. The molecule has 0 aliphatic heterocycles. The average molecular weight is 336 g/mol. The molecule has 2 aromatic rings. The fourth-order valence-corrected chi connectivity index (χ4v) is 2.26. The number of hydrogen-bond donors (Lipinski definition) is 0. The van der Waals surface area contributed by atoms with Gasteiger partial charge in [0, 0.05) is 5.56 Å². The summed E-state index contributed by atoms with van der Waals surface area (Å²) in [4.78, 5) is 10.9. The summed E-state index contributed by atoms with van der Waals surface area (Å²) in [5.74, 6) is -0.463. The van der Waals surface area contributed by atoms with Crippen LogP contribution in [0.15, 0.2) is 46.9 Å². The Morgan fingerprint density at radius 2 is 1.95 bits per heavy atom. The number of halogens is 1. The summed E-state index contributed by atoms with van der Waals surface area (Å²) < 4.78 is 11.4. The molecule has 0 saturated carbocycles. The van der Waals surface area contributed by atoms with Gasteiger partial charge >= 0.3 is 0 Å². The van der Waals surface area contributed by atoms with E-state index in [0.717, 1.165) is 5.56 Å². The summed E-state index contributed by atoms with van der Waals surface area (Å²) in [5.41, 5.74) is 1.03. The zero-order valence-corrected chi connectivity index (χ0v) is 12.3. The summed E-state index contributed by atoms with van der Waals surface area (Å²) in [5, 5.41) is 10.9. The number of benzene rings is 2. The Kier molecular flexibility index (Phi) is 4.63. The Bertz CT molecular complexity index is 611. The fourth-order valence-electron chi connectivity index (χ4n) is 1.71. The Hall–Kier alpha value is -2.01. The number of carbonyl (C=O) groups excluding carboxylic acids is 1. The van der Waals surface area contributed by atoms with Crippen LogP contribution in [0.2, 0.25) is 0 Å². The van der Waals surface area contributed by atoms with Gasteiger partial charge in [-0.25, -0.2) is 0 Å². The minimum Gasteiger partial charge on any atom is -0.545 e. The molecule has 0 heterocycles. The van der Waals surface area contributed by atoms with Crippen molar-refractivity contribution >= 4 is 21.9 Å². The van der Waals surface area contributed by atoms with Crippen LogP contribution < -0.4 is 14.6 Å². The minimum absolute atomic E-state index is 0.0285. The Morgan fingerprint density at radius 3 is 2.55 bits per heavy atom. The average Bonchev–Trinajstić information content (AvgIpc) is 2.46. The standard InChI is InChI=1S/C15H13BrO4/c1-19-13-8-11(15(17)18)7-12(16)14(13)20-9-10-5-3-2-4-6-10/h2-8H,9H2,1H3,(H,17,18)/p-1. The Morgan fingerprint density at radius 1 is 1.25 bits per heavy atom. The van der Waals surface area contributed by atoms with Gasteiger partial charge in [0.25, 0.3) is 0 Å². The Balaban J connectivity index is 2.25. The van der Waals surface area contributed by atoms with Gasteiger partial charge in [0.2, 0.25) is 0 Å². The minimum atomic E-state index is -1.27. The normalized spacial score (nSPS) is 10.1. The van der Waals surface area contributed by atoms with Crippen molar-refractivity contribution in [3.05, 3.63) is 58.1 Å². The molecule has 0 bridgehead atoms. The number of methoxy groups -OCH3 is 1. The highest BCUT2D eigenvalue weighted by Crippen LogP contribution is 2.37. The second kappa shape index (κ2) is 6.43. The smallest absolute Gasteiger partial charge is 0.175 e. The van der Waals surface area contributed by atoms with Crippen LogP contribution in [-0.4, -0.2) is 13.1 Å². The monoisotopic (exact) mass is 335 g/mol. The van der Waals surface area contributed by atoms with Gasteiger partial charge in [0.05, 0.1) is 17.6 Å². The van der Waals surface area contributed by atoms with Crippen molar-refractivity contribution in [2.24, 2.45) is 0 Å². The van der Waals surface area contributed by atoms with Crippen LogP contribution in [0.25, 0.3) is 0 Å². The zero-order chi connectivity index (χ0) is 14.5. The van der Waals surface area contributed by atoms with Gasteiger partial charge in [0.15, 0.2) is 11.5 Å². The van der Waals surface area contributed by atoms with Gasteiger partial charge in [-0.05, 0) is 33.6 Å². The van der Waals surface area contributed by atoms with Gasteiger partial charge in [-0.2, -0.15) is 0 Å². The van der Waals surface area contributed by atoms with Crippen molar-refractivity contribution in [2.75, 3.05) is 7.11 Å². The third-order valence-electron chi connectivity index (χ3n) is 2.69. The second-order valence-electron chi connectivity index (χ2n) is 4.05. The summed E-state index contributed by atoms with van der Waals surface area (Å²) in [7, 11) is 1.45. The van der Waals surface area contributed by atoms with E-state index in [1.807, 2.05) is 30.3 Å². The number of aromatic carboxylic acids is 1. The van der Waals surface area contributed by atoms with Crippen LogP contribution >= 0.6 is 15.9 Å². The van der Waals surface area contributed by atoms with Crippen molar-refractivity contribution in [1.29, 1.82) is 0 Å². The molecule has 0 amide bonds. The van der Waals surface area contributed by atoms with Crippen molar-refractivity contribution in [3.63, 3.8) is 0 Å². The number of rotatable bonds is 5. The van der Waals surface area contributed by atoms with E-state index in [2.05, 4.69) is 15.9 Å². The first-order chi connectivity index (χ1) is 9.61. The third-order valence-corrected chi connectivity index (χ3v) is 3.28. The van der Waals surface area contributed by atoms with Crippen molar-refractivity contribution in [2.45, 2.75) is 6.61 Å². The number of carboxylic acids is 1. The van der Waals surface area contributed by atoms with Gasteiger partial charge in [0.1, 0.15) is 6.61 Å². The molecule has 0 spiro atoms. The zero-order valence-electron chi connectivity index (χ0n) is 10.8. The number of hydrogen-bond acceptors (Lipinski definition) is 4. The Labute approximate surface area is 125 Å². The predicted molar refractivity (Wildman–Crippen MR) is 75.8 cm³/mol. The van der Waals surface area contributed by atoms with Gasteiger partial charge in [-0.15, -0.1) is 0 Å². The largest absolute Gasteiger partial charge is 0.545 e. The maximum absolute atomic E-state index is 10.9. The lowest BCUT2D eigenvalue weighted by Crippen LogP contribution is -2.22. The molecule has 0 radical (unpaired) electrons. The van der Waals surface area contributed by atoms with E-state index in [0.29, 0.717) is 22.6 Å². The number of carboxylic acid groups (broad SMARTS) is 1. The first-order valence-corrected chi connectivity index (χ1v) is 6.66. The SMILES string of the molecule is COc1cc(C(=O)[O-])cc(Br)c1OCc1ccccc1. The summed E-state index contributed by atoms with van der Waals surface area (Å²) in [6.07, 6.45) is 0. The fraction of sp³-hybridized carbons (Fsp3) is 0.133. The van der Waals surface area contributed by atoms with Crippen molar-refractivity contribution in [3.8, 4) is 11.5 Å². The molecule has 4 nitrogen and oxygen atoms in total. The molecule has 0 aromatic heterocycles. The van der Waals surface area contributed by atoms with Gasteiger partial charge in [-0.1, -0.05) is 30.3 Å². The van der Waals surface area contributed by atoms with E-state index in [4.69, 9.17) is 9.47 Å². The van der Waals surface area contributed by atoms with Crippen LogP contribution in [0.5, 0.6) is 11.5 Å². The molecule has 0 fully saturated rings. The van der Waals surface area contributed by atoms with E-state index in [1.165, 1.54) is 19.2 Å². The molecule has 0 atom stereocenters. The summed E-state index contributed by atoms with van der Waals surface area (Å²) in [6, 6.07) is 12.5. The highest BCUT2D eigenvalue weighted by atomic mass is 79.9. The van der Waals surface area contributed by atoms with E-state index in [-0.39, 0.29) is 5.56 Å². The summed E-state index contributed by atoms with van der Waals surface area (Å²) >= 11 is 3.28. The van der Waals surface area contributed by atoms with Crippen molar-refractivity contribution in [1.82, 2.24) is 0 Å². The van der Waals surface area contributed by atoms with Gasteiger partial charge < -0.3 is 19.4 Å². The van der Waals surface area contributed by atoms with Crippen LogP contribution in [0, 0.1) is 0 Å². The summed E-state index contributed by atoms with van der Waals surface area (Å²) in [6.45, 7) is 0.362. The van der Waals surface area contributed by atoms with E-state index in [1.54, 1.807) is 0 Å². The van der Waals surface area contributed by atoms with Crippen LogP contribution in [0.4, 0.5) is 0 Å². The molecule has 0 saturated heterocycles. The number of ether oxygens (including phenoxy) is 2. The third kappa shape index (κ3) is 3.30. The first kappa shape index (κ1) is 14.4. The lowest BCUT2D eigenvalue weighted by Gasteiger charge is -2.14. The molecule has 2 rings (SSSR count). The highest BCUT2D eigenvalue weighted by molar-refractivity contribution is 9.10. The molecule has 5 heteroatoms. The molecule has 0 N–H and O–H groups in total.